The summed E-state index contributed by atoms with van der Waals surface area (Å²) >= 11 is 0. The second kappa shape index (κ2) is 11.1. The highest BCUT2D eigenvalue weighted by Crippen LogP contribution is 2.18. The van der Waals surface area contributed by atoms with Crippen LogP contribution in [-0.2, 0) is 4.79 Å². The number of piperidine rings is 1. The minimum Gasteiger partial charge on any atom is -0.357 e. The van der Waals surface area contributed by atoms with Gasteiger partial charge in [0.25, 0.3) is 0 Å². The molecule has 1 saturated carbocycles. The van der Waals surface area contributed by atoms with E-state index in [1.54, 1.807) is 0 Å². The minimum absolute atomic E-state index is 0. The Bertz CT molecular complexity index is 383. The molecule has 134 valence electrons. The fourth-order valence-electron chi connectivity index (χ4n) is 3.46. The number of carbonyl (C=O) groups excluding carboxylic acids is 1. The summed E-state index contributed by atoms with van der Waals surface area (Å²) in [5.41, 5.74) is 0. The Kier molecular flexibility index (Phi) is 9.90. The first-order valence-electron chi connectivity index (χ1n) is 9.05. The van der Waals surface area contributed by atoms with E-state index in [0.717, 1.165) is 31.9 Å². The van der Waals surface area contributed by atoms with Crippen LogP contribution in [0, 0.1) is 0 Å². The molecule has 0 bridgehead atoms. The maximum atomic E-state index is 12.3. The molecule has 0 aromatic rings. The standard InChI is InChI=1S/C17H32N4O.HI/c1-3-18-17(20-15-9-4-5-10-15)19-12-11-16(22)21-13-7-6-8-14(21)2;/h14-15H,3-13H2,1-2H3,(H2,18,19,20);1H. The molecule has 2 aliphatic rings. The molecule has 1 aliphatic heterocycles. The minimum atomic E-state index is 0. The number of carbonyl (C=O) groups is 1. The number of guanidine groups is 1. The average Bonchev–Trinajstić information content (AvgIpc) is 3.00. The van der Waals surface area contributed by atoms with Crippen LogP contribution in [0.15, 0.2) is 4.99 Å². The lowest BCUT2D eigenvalue weighted by atomic mass is 10.0. The number of nitrogens with one attached hydrogen (secondary N) is 2. The average molecular weight is 436 g/mol. The third-order valence-electron chi connectivity index (χ3n) is 4.76. The first kappa shape index (κ1) is 20.5. The van der Waals surface area contributed by atoms with Gasteiger partial charge in [0.2, 0.25) is 5.91 Å². The second-order valence-corrected chi connectivity index (χ2v) is 6.57. The molecule has 5 nitrogen and oxygen atoms in total. The van der Waals surface area contributed by atoms with E-state index in [2.05, 4.69) is 29.5 Å². The molecule has 1 amide bonds. The number of aliphatic imine (C=N–C) groups is 1. The van der Waals surface area contributed by atoms with Gasteiger partial charge in [-0.1, -0.05) is 12.8 Å². The lowest BCUT2D eigenvalue weighted by molar-refractivity contribution is -0.134. The van der Waals surface area contributed by atoms with Crippen LogP contribution in [-0.4, -0.2) is 48.5 Å². The highest BCUT2D eigenvalue weighted by Gasteiger charge is 2.22. The van der Waals surface area contributed by atoms with E-state index in [1.165, 1.54) is 32.1 Å². The van der Waals surface area contributed by atoms with Crippen LogP contribution in [0.3, 0.4) is 0 Å². The summed E-state index contributed by atoms with van der Waals surface area (Å²) in [5.74, 6) is 1.13. The quantitative estimate of drug-likeness (QED) is 0.396. The number of nitrogens with zero attached hydrogens (tertiary/aromatic N) is 2. The Morgan fingerprint density at radius 3 is 2.52 bits per heavy atom. The number of hydrogen-bond donors (Lipinski definition) is 2. The van der Waals surface area contributed by atoms with Crippen molar-refractivity contribution in [3.63, 3.8) is 0 Å². The smallest absolute Gasteiger partial charge is 0.224 e. The van der Waals surface area contributed by atoms with Crippen LogP contribution in [0.2, 0.25) is 0 Å². The van der Waals surface area contributed by atoms with Crippen molar-refractivity contribution < 1.29 is 4.79 Å². The number of likely N-dealkylation sites (tertiary alicyclic amines) is 1. The van der Waals surface area contributed by atoms with E-state index in [9.17, 15) is 4.79 Å². The van der Waals surface area contributed by atoms with Crippen LogP contribution in [0.1, 0.15) is 65.2 Å². The van der Waals surface area contributed by atoms with Crippen molar-refractivity contribution in [1.29, 1.82) is 0 Å². The van der Waals surface area contributed by atoms with E-state index >= 15 is 0 Å². The zero-order valence-corrected chi connectivity index (χ0v) is 17.0. The van der Waals surface area contributed by atoms with E-state index in [1.807, 2.05) is 4.90 Å². The van der Waals surface area contributed by atoms with Gasteiger partial charge in [0.1, 0.15) is 0 Å². The topological polar surface area (TPSA) is 56.7 Å². The van der Waals surface area contributed by atoms with Gasteiger partial charge in [0, 0.05) is 31.6 Å². The van der Waals surface area contributed by atoms with Gasteiger partial charge in [0.05, 0.1) is 6.54 Å². The van der Waals surface area contributed by atoms with Crippen LogP contribution >= 0.6 is 24.0 Å². The number of amides is 1. The van der Waals surface area contributed by atoms with Crippen LogP contribution in [0.4, 0.5) is 0 Å². The fraction of sp³-hybridized carbons (Fsp3) is 0.882. The lowest BCUT2D eigenvalue weighted by Crippen LogP contribution is -2.43. The summed E-state index contributed by atoms with van der Waals surface area (Å²) < 4.78 is 0. The van der Waals surface area contributed by atoms with Crippen molar-refractivity contribution in [3.05, 3.63) is 0 Å². The summed E-state index contributed by atoms with van der Waals surface area (Å²) in [6, 6.07) is 0.950. The van der Waals surface area contributed by atoms with Gasteiger partial charge in [0.15, 0.2) is 5.96 Å². The van der Waals surface area contributed by atoms with Crippen molar-refractivity contribution in [1.82, 2.24) is 15.5 Å². The molecule has 0 aromatic heterocycles. The molecular formula is C17H33IN4O. The molecular weight excluding hydrogens is 403 g/mol. The summed E-state index contributed by atoms with van der Waals surface area (Å²) in [6.45, 7) is 6.59. The predicted molar refractivity (Wildman–Crippen MR) is 106 cm³/mol. The molecule has 2 fully saturated rings. The maximum Gasteiger partial charge on any atom is 0.224 e. The third-order valence-corrected chi connectivity index (χ3v) is 4.76. The molecule has 1 saturated heterocycles. The Hall–Kier alpha value is -0.530. The van der Waals surface area contributed by atoms with Crippen molar-refractivity contribution in [3.8, 4) is 0 Å². The predicted octanol–water partition coefficient (Wildman–Crippen LogP) is 2.89. The Morgan fingerprint density at radius 2 is 1.87 bits per heavy atom. The summed E-state index contributed by atoms with van der Waals surface area (Å²) in [7, 11) is 0. The van der Waals surface area contributed by atoms with Crippen LogP contribution < -0.4 is 10.6 Å². The monoisotopic (exact) mass is 436 g/mol. The van der Waals surface area contributed by atoms with E-state index in [4.69, 9.17) is 0 Å². The summed E-state index contributed by atoms with van der Waals surface area (Å²) in [6.07, 6.45) is 9.13. The Labute approximate surface area is 158 Å². The van der Waals surface area contributed by atoms with Crippen molar-refractivity contribution >= 4 is 35.8 Å². The molecule has 2 N–H and O–H groups in total. The Morgan fingerprint density at radius 1 is 1.17 bits per heavy atom. The number of rotatable bonds is 5. The molecule has 1 unspecified atom stereocenters. The van der Waals surface area contributed by atoms with Gasteiger partial charge in [-0.15, -0.1) is 24.0 Å². The molecule has 0 radical (unpaired) electrons. The highest BCUT2D eigenvalue weighted by atomic mass is 127. The van der Waals surface area contributed by atoms with Gasteiger partial charge in [-0.3, -0.25) is 9.79 Å². The summed E-state index contributed by atoms with van der Waals surface area (Å²) in [4.78, 5) is 18.9. The van der Waals surface area contributed by atoms with Gasteiger partial charge in [-0.25, -0.2) is 0 Å². The molecule has 1 atom stereocenters. The first-order chi connectivity index (χ1) is 10.7. The Balaban J connectivity index is 0.00000264. The molecule has 6 heteroatoms. The molecule has 23 heavy (non-hydrogen) atoms. The van der Waals surface area contributed by atoms with Crippen LogP contribution in [0.25, 0.3) is 0 Å². The van der Waals surface area contributed by atoms with E-state index in [-0.39, 0.29) is 29.9 Å². The zero-order valence-electron chi connectivity index (χ0n) is 14.6. The molecule has 1 aliphatic carbocycles. The number of hydrogen-bond acceptors (Lipinski definition) is 2. The zero-order chi connectivity index (χ0) is 15.8. The molecule has 0 spiro atoms. The van der Waals surface area contributed by atoms with Gasteiger partial charge in [-0.05, 0) is 46.0 Å². The van der Waals surface area contributed by atoms with Crippen molar-refractivity contribution in [2.75, 3.05) is 19.6 Å². The van der Waals surface area contributed by atoms with Crippen LogP contribution in [0.5, 0.6) is 0 Å². The highest BCUT2D eigenvalue weighted by molar-refractivity contribution is 14.0. The van der Waals surface area contributed by atoms with Crippen molar-refractivity contribution in [2.24, 2.45) is 4.99 Å². The lowest BCUT2D eigenvalue weighted by Gasteiger charge is -2.33. The molecule has 0 aromatic carbocycles. The van der Waals surface area contributed by atoms with Crippen molar-refractivity contribution in [2.45, 2.75) is 77.3 Å². The third kappa shape index (κ3) is 6.85. The second-order valence-electron chi connectivity index (χ2n) is 6.57. The number of halogens is 1. The normalized spacial score (nSPS) is 22.6. The fourth-order valence-corrected chi connectivity index (χ4v) is 3.46. The van der Waals surface area contributed by atoms with E-state index in [0.29, 0.717) is 25.0 Å². The van der Waals surface area contributed by atoms with Gasteiger partial charge >= 0.3 is 0 Å². The SMILES string of the molecule is CCNC(=NCCC(=O)N1CCCCC1C)NC1CCCC1.I. The molecule has 2 rings (SSSR count). The van der Waals surface area contributed by atoms with Gasteiger partial charge < -0.3 is 15.5 Å². The van der Waals surface area contributed by atoms with Gasteiger partial charge in [-0.2, -0.15) is 0 Å². The summed E-state index contributed by atoms with van der Waals surface area (Å²) in [5, 5.41) is 6.78. The maximum absolute atomic E-state index is 12.3. The molecule has 1 heterocycles. The largest absolute Gasteiger partial charge is 0.357 e. The van der Waals surface area contributed by atoms with E-state index < -0.39 is 0 Å². The first-order valence-corrected chi connectivity index (χ1v) is 9.05.